The average molecular weight is 212 g/mol. The van der Waals surface area contributed by atoms with Crippen molar-refractivity contribution in [1.29, 1.82) is 21.6 Å². The maximum atomic E-state index is 9.19. The number of nitrogens with two attached hydrogens (primary N) is 2. The Morgan fingerprint density at radius 3 is 0.692 bits per heavy atom. The minimum Gasteiger partial charge on any atom is -0.317 e. The normalized spacial score (nSPS) is 5.69. The lowest BCUT2D eigenvalue weighted by molar-refractivity contribution is 0.599. The molecule has 0 fully saturated rings. The SMILES string of the molecule is C=N.C=N.C=N.C=N.NS(N)(=O)=O. The lowest BCUT2D eigenvalue weighted by Gasteiger charge is -1.72. The highest BCUT2D eigenvalue weighted by molar-refractivity contribution is 7.86. The number of nitrogens with one attached hydrogen (secondary N) is 4. The maximum Gasteiger partial charge on any atom is 0.271 e. The van der Waals surface area contributed by atoms with Crippen molar-refractivity contribution in [2.45, 2.75) is 0 Å². The van der Waals surface area contributed by atoms with E-state index in [4.69, 9.17) is 21.6 Å². The van der Waals surface area contributed by atoms with Crippen LogP contribution in [0.2, 0.25) is 0 Å². The second-order valence-corrected chi connectivity index (χ2v) is 1.77. The molecule has 0 aliphatic rings. The predicted octanol–water partition coefficient (Wildman–Crippen LogP) is -0.788. The lowest BCUT2D eigenvalue weighted by atomic mass is 11.8. The maximum absolute atomic E-state index is 9.19. The zero-order chi connectivity index (χ0) is 12.5. The molecule has 0 bridgehead atoms. The van der Waals surface area contributed by atoms with E-state index in [0.29, 0.717) is 0 Å². The van der Waals surface area contributed by atoms with E-state index in [1.165, 1.54) is 0 Å². The van der Waals surface area contributed by atoms with Crippen LogP contribution in [-0.2, 0) is 10.2 Å². The molecule has 0 rings (SSSR count). The van der Waals surface area contributed by atoms with E-state index >= 15 is 0 Å². The van der Waals surface area contributed by atoms with Gasteiger partial charge in [0.05, 0.1) is 0 Å². The molecule has 0 saturated heterocycles. The Morgan fingerprint density at radius 2 is 0.692 bits per heavy atom. The molecular formula is C4H16N6O2S. The Kier molecular flexibility index (Phi) is 107. The number of hydrogen-bond donors (Lipinski definition) is 6. The lowest BCUT2D eigenvalue weighted by Crippen LogP contribution is -2.21. The van der Waals surface area contributed by atoms with Gasteiger partial charge in [0.2, 0.25) is 0 Å². The summed E-state index contributed by atoms with van der Waals surface area (Å²) >= 11 is 0. The van der Waals surface area contributed by atoms with Crippen LogP contribution in [0.5, 0.6) is 0 Å². The van der Waals surface area contributed by atoms with Crippen molar-refractivity contribution in [3.05, 3.63) is 0 Å². The molecule has 13 heavy (non-hydrogen) atoms. The fourth-order valence-corrected chi connectivity index (χ4v) is 0. The monoisotopic (exact) mass is 212 g/mol. The summed E-state index contributed by atoms with van der Waals surface area (Å²) in [5, 5.41) is 30.2. The Balaban J connectivity index is -0.0000000230. The summed E-state index contributed by atoms with van der Waals surface area (Å²) in [6.45, 7) is 10.0. The van der Waals surface area contributed by atoms with Gasteiger partial charge in [0.15, 0.2) is 0 Å². The molecule has 0 aromatic rings. The van der Waals surface area contributed by atoms with Gasteiger partial charge in [-0.1, -0.05) is 0 Å². The average Bonchev–Trinajstić information content (AvgIpc) is 2.14. The highest BCUT2D eigenvalue weighted by atomic mass is 32.2. The van der Waals surface area contributed by atoms with Gasteiger partial charge in [0, 0.05) is 0 Å². The Hall–Kier alpha value is -1.45. The molecule has 0 atom stereocenters. The minimum absolute atomic E-state index is 2.50. The quantitative estimate of drug-likeness (QED) is 0.288. The predicted molar refractivity (Wildman–Crippen MR) is 56.7 cm³/mol. The molecule has 0 aliphatic heterocycles. The van der Waals surface area contributed by atoms with Crippen LogP contribution >= 0.6 is 0 Å². The molecule has 0 aromatic carbocycles. The second kappa shape index (κ2) is 46.5. The Morgan fingerprint density at radius 1 is 0.692 bits per heavy atom. The molecular weight excluding hydrogens is 196 g/mol. The van der Waals surface area contributed by atoms with E-state index in [9.17, 15) is 8.42 Å². The third-order valence-corrected chi connectivity index (χ3v) is 0. The van der Waals surface area contributed by atoms with Crippen LogP contribution < -0.4 is 10.3 Å². The zero-order valence-corrected chi connectivity index (χ0v) is 8.02. The van der Waals surface area contributed by atoms with Crippen LogP contribution in [-0.4, -0.2) is 35.3 Å². The van der Waals surface area contributed by atoms with Crippen molar-refractivity contribution in [2.75, 3.05) is 0 Å². The molecule has 80 valence electrons. The van der Waals surface area contributed by atoms with Crippen LogP contribution in [0.1, 0.15) is 0 Å². The molecule has 0 aliphatic carbocycles. The Labute approximate surface area is 78.2 Å². The van der Waals surface area contributed by atoms with Crippen LogP contribution in [0.15, 0.2) is 0 Å². The van der Waals surface area contributed by atoms with Gasteiger partial charge in [-0.3, -0.25) is 0 Å². The fourth-order valence-electron chi connectivity index (χ4n) is 0. The first kappa shape index (κ1) is 30.0. The van der Waals surface area contributed by atoms with Crippen molar-refractivity contribution in [2.24, 2.45) is 10.3 Å². The summed E-state index contributed by atoms with van der Waals surface area (Å²) < 4.78 is 18.4. The zero-order valence-electron chi connectivity index (χ0n) is 7.21. The molecule has 0 unspecified atom stereocenters. The molecule has 0 spiro atoms. The topological polar surface area (TPSA) is 182 Å². The van der Waals surface area contributed by atoms with Gasteiger partial charge in [-0.05, 0) is 26.9 Å². The molecule has 8 N–H and O–H groups in total. The van der Waals surface area contributed by atoms with Crippen LogP contribution in [0.4, 0.5) is 0 Å². The molecule has 9 heteroatoms. The van der Waals surface area contributed by atoms with E-state index in [1.54, 1.807) is 0 Å². The van der Waals surface area contributed by atoms with Gasteiger partial charge in [-0.25, -0.2) is 10.3 Å². The van der Waals surface area contributed by atoms with Gasteiger partial charge < -0.3 is 21.6 Å². The Bertz CT molecular complexity index is 142. The second-order valence-electron chi connectivity index (χ2n) is 0.589. The van der Waals surface area contributed by atoms with Gasteiger partial charge in [-0.2, -0.15) is 8.42 Å². The van der Waals surface area contributed by atoms with Gasteiger partial charge in [-0.15, -0.1) is 0 Å². The smallest absolute Gasteiger partial charge is 0.271 e. The molecule has 0 amide bonds. The van der Waals surface area contributed by atoms with E-state index < -0.39 is 10.2 Å². The highest BCUT2D eigenvalue weighted by Gasteiger charge is 1.78. The summed E-state index contributed by atoms with van der Waals surface area (Å²) in [7, 11) is -3.67. The summed E-state index contributed by atoms with van der Waals surface area (Å²) in [5.41, 5.74) is 0. The molecule has 0 saturated carbocycles. The van der Waals surface area contributed by atoms with E-state index in [2.05, 4.69) is 37.1 Å². The number of rotatable bonds is 0. The summed E-state index contributed by atoms with van der Waals surface area (Å²) in [5.74, 6) is 0. The third-order valence-electron chi connectivity index (χ3n) is 0. The van der Waals surface area contributed by atoms with Crippen LogP contribution in [0.3, 0.4) is 0 Å². The van der Waals surface area contributed by atoms with Crippen molar-refractivity contribution in [3.63, 3.8) is 0 Å². The minimum atomic E-state index is -3.67. The van der Waals surface area contributed by atoms with Crippen molar-refractivity contribution < 1.29 is 8.42 Å². The third kappa shape index (κ3) is 367. The summed E-state index contributed by atoms with van der Waals surface area (Å²) in [4.78, 5) is 0. The molecule has 0 aromatic heterocycles. The molecule has 0 radical (unpaired) electrons. The highest BCUT2D eigenvalue weighted by Crippen LogP contribution is 1.40. The number of hydrogen-bond acceptors (Lipinski definition) is 6. The van der Waals surface area contributed by atoms with Crippen molar-refractivity contribution in [1.82, 2.24) is 0 Å². The molecule has 0 heterocycles. The summed E-state index contributed by atoms with van der Waals surface area (Å²) in [6, 6.07) is 0. The fraction of sp³-hybridized carbons (Fsp3) is 0. The first-order chi connectivity index (χ1) is 6.00. The standard InChI is InChI=1S/4CH3N.H4N2O2S/c4*1-2;1-5(2,3)4/h4*2H,1H2;(H4,1,2,3,4). The van der Waals surface area contributed by atoms with E-state index in [0.717, 1.165) is 0 Å². The van der Waals surface area contributed by atoms with Crippen LogP contribution in [0.25, 0.3) is 0 Å². The van der Waals surface area contributed by atoms with Crippen molar-refractivity contribution in [3.8, 4) is 0 Å². The summed E-state index contributed by atoms with van der Waals surface area (Å²) in [6.07, 6.45) is 0. The first-order valence-electron chi connectivity index (χ1n) is 2.22. The van der Waals surface area contributed by atoms with E-state index in [1.807, 2.05) is 0 Å². The van der Waals surface area contributed by atoms with E-state index in [-0.39, 0.29) is 0 Å². The largest absolute Gasteiger partial charge is 0.317 e. The van der Waals surface area contributed by atoms with Crippen molar-refractivity contribution >= 4 is 37.1 Å². The van der Waals surface area contributed by atoms with Gasteiger partial charge in [0.1, 0.15) is 0 Å². The molecule has 8 nitrogen and oxygen atoms in total. The van der Waals surface area contributed by atoms with Crippen LogP contribution in [0, 0.1) is 21.6 Å². The van der Waals surface area contributed by atoms with Gasteiger partial charge in [0.25, 0.3) is 10.2 Å². The first-order valence-corrected chi connectivity index (χ1v) is 3.83. The van der Waals surface area contributed by atoms with Gasteiger partial charge >= 0.3 is 0 Å².